The van der Waals surface area contributed by atoms with Crippen LogP contribution in [0.15, 0.2) is 59.6 Å². The summed E-state index contributed by atoms with van der Waals surface area (Å²) in [7, 11) is -3.80. The van der Waals surface area contributed by atoms with Gasteiger partial charge < -0.3 is 5.21 Å². The third kappa shape index (κ3) is 2.95. The largest absolute Gasteiger partial charge is 0.618 e. The summed E-state index contributed by atoms with van der Waals surface area (Å²) in [4.78, 5) is 0.125. The zero-order valence-electron chi connectivity index (χ0n) is 12.2. The third-order valence-corrected chi connectivity index (χ3v) is 5.16. The van der Waals surface area contributed by atoms with E-state index in [0.29, 0.717) is 15.1 Å². The van der Waals surface area contributed by atoms with Gasteiger partial charge >= 0.3 is 0 Å². The standard InChI is InChI=1S/C16H13ClN2O3S/c1-11-4-6-12(7-5-11)23(21,22)18-15-9-8-14(17)13-3-2-10-19(20)16(13)15/h2-10,18H,1H3. The quantitative estimate of drug-likeness (QED) is 0.583. The summed E-state index contributed by atoms with van der Waals surface area (Å²) in [6.45, 7) is 1.87. The molecule has 0 unspecified atom stereocenters. The molecule has 23 heavy (non-hydrogen) atoms. The highest BCUT2D eigenvalue weighted by molar-refractivity contribution is 7.92. The molecule has 0 aliphatic rings. The molecule has 1 N–H and O–H groups in total. The minimum absolute atomic E-state index is 0.125. The van der Waals surface area contributed by atoms with Crippen LogP contribution in [-0.4, -0.2) is 8.42 Å². The lowest BCUT2D eigenvalue weighted by atomic mass is 10.2. The Morgan fingerprint density at radius 3 is 2.48 bits per heavy atom. The van der Waals surface area contributed by atoms with Crippen LogP contribution in [0.5, 0.6) is 0 Å². The van der Waals surface area contributed by atoms with Gasteiger partial charge in [0.15, 0.2) is 6.20 Å². The second-order valence-corrected chi connectivity index (χ2v) is 7.20. The van der Waals surface area contributed by atoms with Crippen LogP contribution in [0.2, 0.25) is 5.02 Å². The van der Waals surface area contributed by atoms with Crippen LogP contribution < -0.4 is 9.45 Å². The summed E-state index contributed by atoms with van der Waals surface area (Å²) in [5, 5.41) is 12.9. The van der Waals surface area contributed by atoms with Crippen molar-refractivity contribution in [2.75, 3.05) is 4.72 Å². The van der Waals surface area contributed by atoms with Gasteiger partial charge in [0.05, 0.1) is 15.3 Å². The van der Waals surface area contributed by atoms with Gasteiger partial charge in [-0.15, -0.1) is 0 Å². The molecule has 0 radical (unpaired) electrons. The number of nitrogens with zero attached hydrogens (tertiary/aromatic N) is 1. The second kappa shape index (κ2) is 5.72. The molecule has 2 aromatic carbocycles. The zero-order valence-corrected chi connectivity index (χ0v) is 13.7. The van der Waals surface area contributed by atoms with Gasteiger partial charge in [0.25, 0.3) is 10.0 Å². The molecule has 0 saturated carbocycles. The van der Waals surface area contributed by atoms with Crippen molar-refractivity contribution >= 4 is 38.2 Å². The van der Waals surface area contributed by atoms with Crippen molar-refractivity contribution in [1.29, 1.82) is 0 Å². The predicted octanol–water partition coefficient (Wildman–Crippen LogP) is 3.24. The average molecular weight is 349 g/mol. The highest BCUT2D eigenvalue weighted by Crippen LogP contribution is 2.28. The van der Waals surface area contributed by atoms with Crippen molar-refractivity contribution in [2.45, 2.75) is 11.8 Å². The van der Waals surface area contributed by atoms with Gasteiger partial charge in [-0.2, -0.15) is 4.73 Å². The van der Waals surface area contributed by atoms with Crippen molar-refractivity contribution in [3.8, 4) is 0 Å². The normalized spacial score (nSPS) is 11.6. The number of pyridine rings is 1. The number of benzene rings is 2. The average Bonchev–Trinajstić information content (AvgIpc) is 2.51. The molecule has 1 aromatic heterocycles. The number of halogens is 1. The number of aryl methyl sites for hydroxylation is 1. The Hall–Kier alpha value is -2.31. The molecule has 0 fully saturated rings. The van der Waals surface area contributed by atoms with E-state index in [0.717, 1.165) is 5.56 Å². The maximum Gasteiger partial charge on any atom is 0.262 e. The first kappa shape index (κ1) is 15.6. The molecule has 7 heteroatoms. The van der Waals surface area contributed by atoms with E-state index in [-0.39, 0.29) is 16.1 Å². The van der Waals surface area contributed by atoms with Crippen molar-refractivity contribution in [3.05, 3.63) is 70.5 Å². The SMILES string of the molecule is Cc1ccc(S(=O)(=O)Nc2ccc(Cl)c3ccc[n+]([O-])c23)cc1. The van der Waals surface area contributed by atoms with Crippen LogP contribution in [0.1, 0.15) is 5.56 Å². The van der Waals surface area contributed by atoms with E-state index in [2.05, 4.69) is 4.72 Å². The molecule has 3 aromatic rings. The minimum atomic E-state index is -3.80. The van der Waals surface area contributed by atoms with Gasteiger partial charge in [-0.25, -0.2) is 8.42 Å². The van der Waals surface area contributed by atoms with Gasteiger partial charge in [-0.05, 0) is 37.3 Å². The Balaban J connectivity index is 2.12. The fourth-order valence-corrected chi connectivity index (χ4v) is 3.56. The van der Waals surface area contributed by atoms with E-state index in [1.807, 2.05) is 6.92 Å². The van der Waals surface area contributed by atoms with Crippen LogP contribution in [0, 0.1) is 12.1 Å². The molecular weight excluding hydrogens is 336 g/mol. The lowest BCUT2D eigenvalue weighted by Crippen LogP contribution is -2.27. The molecule has 0 aliphatic carbocycles. The van der Waals surface area contributed by atoms with Crippen molar-refractivity contribution in [3.63, 3.8) is 0 Å². The van der Waals surface area contributed by atoms with Crippen molar-refractivity contribution in [1.82, 2.24) is 0 Å². The Kier molecular flexibility index (Phi) is 3.87. The molecule has 3 rings (SSSR count). The summed E-state index contributed by atoms with van der Waals surface area (Å²) >= 11 is 6.08. The van der Waals surface area contributed by atoms with Gasteiger partial charge in [-0.3, -0.25) is 4.72 Å². The van der Waals surface area contributed by atoms with Crippen LogP contribution in [0.3, 0.4) is 0 Å². The number of rotatable bonds is 3. The summed E-state index contributed by atoms with van der Waals surface area (Å²) < 4.78 is 28.0. The molecule has 0 saturated heterocycles. The van der Waals surface area contributed by atoms with E-state index in [9.17, 15) is 13.6 Å². The van der Waals surface area contributed by atoms with Gasteiger partial charge in [0.1, 0.15) is 5.69 Å². The lowest BCUT2D eigenvalue weighted by molar-refractivity contribution is -0.576. The number of anilines is 1. The second-order valence-electron chi connectivity index (χ2n) is 5.11. The minimum Gasteiger partial charge on any atom is -0.618 e. The molecule has 118 valence electrons. The Morgan fingerprint density at radius 2 is 1.78 bits per heavy atom. The molecule has 0 amide bonds. The van der Waals surface area contributed by atoms with Crippen LogP contribution in [0.4, 0.5) is 5.69 Å². The van der Waals surface area contributed by atoms with E-state index in [1.54, 1.807) is 30.3 Å². The first-order valence-electron chi connectivity index (χ1n) is 6.78. The van der Waals surface area contributed by atoms with E-state index >= 15 is 0 Å². The Bertz CT molecular complexity index is 986. The number of hydrogen-bond acceptors (Lipinski definition) is 3. The first-order chi connectivity index (χ1) is 10.9. The summed E-state index contributed by atoms with van der Waals surface area (Å²) in [6, 6.07) is 12.7. The van der Waals surface area contributed by atoms with Crippen LogP contribution in [-0.2, 0) is 10.0 Å². The van der Waals surface area contributed by atoms with E-state index < -0.39 is 10.0 Å². The van der Waals surface area contributed by atoms with Crippen molar-refractivity contribution in [2.24, 2.45) is 0 Å². The summed E-state index contributed by atoms with van der Waals surface area (Å²) in [5.74, 6) is 0. The molecular formula is C16H13ClN2O3S. The van der Waals surface area contributed by atoms with Crippen molar-refractivity contribution < 1.29 is 13.1 Å². The highest BCUT2D eigenvalue weighted by Gasteiger charge is 2.19. The first-order valence-corrected chi connectivity index (χ1v) is 8.64. The maximum absolute atomic E-state index is 12.5. The van der Waals surface area contributed by atoms with Gasteiger partial charge in [0.2, 0.25) is 5.52 Å². The smallest absolute Gasteiger partial charge is 0.262 e. The van der Waals surface area contributed by atoms with E-state index in [4.69, 9.17) is 11.6 Å². The molecule has 0 spiro atoms. The monoisotopic (exact) mass is 348 g/mol. The topological polar surface area (TPSA) is 73.1 Å². The van der Waals surface area contributed by atoms with Gasteiger partial charge in [0, 0.05) is 6.07 Å². The van der Waals surface area contributed by atoms with Crippen LogP contribution >= 0.6 is 11.6 Å². The Morgan fingerprint density at radius 1 is 1.09 bits per heavy atom. The number of fused-ring (bicyclic) bond motifs is 1. The maximum atomic E-state index is 12.5. The highest BCUT2D eigenvalue weighted by atomic mass is 35.5. The number of hydrogen-bond donors (Lipinski definition) is 1. The molecule has 0 atom stereocenters. The lowest BCUT2D eigenvalue weighted by Gasteiger charge is -2.11. The Labute approximate surface area is 138 Å². The predicted molar refractivity (Wildman–Crippen MR) is 89.9 cm³/mol. The summed E-state index contributed by atoms with van der Waals surface area (Å²) in [6.07, 6.45) is 1.29. The van der Waals surface area contributed by atoms with E-state index in [1.165, 1.54) is 24.4 Å². The number of sulfonamides is 1. The molecule has 0 bridgehead atoms. The molecule has 5 nitrogen and oxygen atoms in total. The third-order valence-electron chi connectivity index (χ3n) is 3.44. The fourth-order valence-electron chi connectivity index (χ4n) is 2.27. The zero-order chi connectivity index (χ0) is 16.6. The van der Waals surface area contributed by atoms with Crippen LogP contribution in [0.25, 0.3) is 10.9 Å². The van der Waals surface area contributed by atoms with Gasteiger partial charge in [-0.1, -0.05) is 29.3 Å². The molecule has 0 aliphatic heterocycles. The molecule has 1 heterocycles. The fraction of sp³-hybridized carbons (Fsp3) is 0.0625. The summed E-state index contributed by atoms with van der Waals surface area (Å²) in [5.41, 5.74) is 1.31. The number of nitrogens with one attached hydrogen (secondary N) is 1. The number of aromatic nitrogens is 1.